The fourth-order valence-electron chi connectivity index (χ4n) is 1.83. The largest absolute Gasteiger partial charge is 0.491 e. The number of primary amides is 1. The average Bonchev–Trinajstić information content (AvgIpc) is 2.47. The summed E-state index contributed by atoms with van der Waals surface area (Å²) in [7, 11) is 0. The predicted molar refractivity (Wildman–Crippen MR) is 87.2 cm³/mol. The number of rotatable bonds is 7. The molecule has 2 aromatic rings. The first-order valence-corrected chi connectivity index (χ1v) is 7.43. The second kappa shape index (κ2) is 7.69. The van der Waals surface area contributed by atoms with Crippen molar-refractivity contribution >= 4 is 27.5 Å². The van der Waals surface area contributed by atoms with Crippen LogP contribution >= 0.6 is 15.9 Å². The third-order valence-electron chi connectivity index (χ3n) is 2.92. The maximum absolute atomic E-state index is 10.7. The Morgan fingerprint density at radius 1 is 1.14 bits per heavy atom. The second-order valence-electron chi connectivity index (χ2n) is 4.51. The van der Waals surface area contributed by atoms with E-state index in [1.165, 1.54) is 0 Å². The maximum Gasteiger partial charge on any atom is 0.220 e. The zero-order valence-electron chi connectivity index (χ0n) is 11.5. The van der Waals surface area contributed by atoms with Crippen LogP contribution < -0.4 is 15.8 Å². The average molecular weight is 349 g/mol. The van der Waals surface area contributed by atoms with E-state index in [4.69, 9.17) is 10.5 Å². The molecule has 1 amide bonds. The van der Waals surface area contributed by atoms with E-state index in [0.29, 0.717) is 12.3 Å². The lowest BCUT2D eigenvalue weighted by Crippen LogP contribution is -2.15. The summed E-state index contributed by atoms with van der Waals surface area (Å²) in [5, 5.41) is 3.34. The van der Waals surface area contributed by atoms with E-state index in [1.807, 2.05) is 48.5 Å². The number of nitrogens with one attached hydrogen (secondary N) is 1. The molecule has 5 heteroatoms. The Bertz CT molecular complexity index is 617. The highest BCUT2D eigenvalue weighted by molar-refractivity contribution is 9.10. The number of hydrogen-bond donors (Lipinski definition) is 2. The van der Waals surface area contributed by atoms with Gasteiger partial charge in [0.1, 0.15) is 5.75 Å². The summed E-state index contributed by atoms with van der Waals surface area (Å²) in [5.41, 5.74) is 7.15. The lowest BCUT2D eigenvalue weighted by molar-refractivity contribution is -0.118. The first kappa shape index (κ1) is 15.4. The summed E-state index contributed by atoms with van der Waals surface area (Å²) in [6.45, 7) is 0.959. The summed E-state index contributed by atoms with van der Waals surface area (Å²) in [6.07, 6.45) is 0.207. The van der Waals surface area contributed by atoms with Crippen molar-refractivity contribution in [2.45, 2.75) is 13.0 Å². The van der Waals surface area contributed by atoms with Crippen molar-refractivity contribution in [3.8, 4) is 5.75 Å². The van der Waals surface area contributed by atoms with E-state index in [9.17, 15) is 4.79 Å². The van der Waals surface area contributed by atoms with Gasteiger partial charge in [-0.25, -0.2) is 0 Å². The molecule has 0 aliphatic heterocycles. The van der Waals surface area contributed by atoms with Gasteiger partial charge in [0.05, 0.1) is 18.7 Å². The van der Waals surface area contributed by atoms with E-state index in [2.05, 4.69) is 21.2 Å². The quantitative estimate of drug-likeness (QED) is 0.806. The van der Waals surface area contributed by atoms with Crippen molar-refractivity contribution in [2.75, 3.05) is 11.9 Å². The zero-order chi connectivity index (χ0) is 15.1. The number of halogens is 1. The smallest absolute Gasteiger partial charge is 0.220 e. The maximum atomic E-state index is 10.7. The van der Waals surface area contributed by atoms with E-state index in [1.54, 1.807) is 0 Å². The fourth-order valence-corrected chi connectivity index (χ4v) is 2.26. The number of amides is 1. The molecule has 0 radical (unpaired) electrons. The van der Waals surface area contributed by atoms with Crippen molar-refractivity contribution < 1.29 is 9.53 Å². The van der Waals surface area contributed by atoms with Crippen LogP contribution in [0, 0.1) is 0 Å². The fraction of sp³-hybridized carbons (Fsp3) is 0.188. The number of hydrogen-bond acceptors (Lipinski definition) is 3. The first-order chi connectivity index (χ1) is 10.2. The van der Waals surface area contributed by atoms with Crippen LogP contribution in [0.1, 0.15) is 12.0 Å². The summed E-state index contributed by atoms with van der Waals surface area (Å²) < 4.78 is 6.65. The number of nitrogens with two attached hydrogens (primary N) is 1. The molecule has 2 aromatic carbocycles. The Kier molecular flexibility index (Phi) is 5.63. The van der Waals surface area contributed by atoms with Crippen molar-refractivity contribution in [1.82, 2.24) is 0 Å². The van der Waals surface area contributed by atoms with Gasteiger partial charge in [0.25, 0.3) is 0 Å². The Morgan fingerprint density at radius 3 is 2.62 bits per heavy atom. The van der Waals surface area contributed by atoms with Crippen molar-refractivity contribution in [3.63, 3.8) is 0 Å². The van der Waals surface area contributed by atoms with E-state index >= 15 is 0 Å². The van der Waals surface area contributed by atoms with Crippen LogP contribution in [0.4, 0.5) is 5.69 Å². The van der Waals surface area contributed by atoms with Crippen molar-refractivity contribution in [1.29, 1.82) is 0 Å². The number of carbonyl (C=O) groups is 1. The Labute approximate surface area is 132 Å². The van der Waals surface area contributed by atoms with Gasteiger partial charge in [0.15, 0.2) is 0 Å². The number of anilines is 1. The van der Waals surface area contributed by atoms with Gasteiger partial charge >= 0.3 is 0 Å². The molecule has 0 bridgehead atoms. The van der Waals surface area contributed by atoms with Crippen LogP contribution in [-0.4, -0.2) is 12.5 Å². The zero-order valence-corrected chi connectivity index (χ0v) is 13.1. The van der Waals surface area contributed by atoms with Crippen LogP contribution in [0.15, 0.2) is 53.0 Å². The highest BCUT2D eigenvalue weighted by atomic mass is 79.9. The lowest BCUT2D eigenvalue weighted by atomic mass is 10.2. The summed E-state index contributed by atoms with van der Waals surface area (Å²) >= 11 is 3.52. The van der Waals surface area contributed by atoms with Gasteiger partial charge in [-0.1, -0.05) is 46.3 Å². The molecule has 0 aliphatic rings. The first-order valence-electron chi connectivity index (χ1n) is 6.64. The van der Waals surface area contributed by atoms with Gasteiger partial charge in [0.2, 0.25) is 5.91 Å². The van der Waals surface area contributed by atoms with Crippen LogP contribution in [0.25, 0.3) is 0 Å². The molecule has 0 saturated heterocycles. The minimum atomic E-state index is -0.367. The Hall–Kier alpha value is -2.01. The molecule has 0 spiro atoms. The number of benzene rings is 2. The van der Waals surface area contributed by atoms with Gasteiger partial charge in [0, 0.05) is 11.0 Å². The van der Waals surface area contributed by atoms with Crippen LogP contribution in [0.3, 0.4) is 0 Å². The van der Waals surface area contributed by atoms with Gasteiger partial charge in [-0.15, -0.1) is 0 Å². The number of carbonyl (C=O) groups excluding carboxylic acids is 1. The van der Waals surface area contributed by atoms with Crippen LogP contribution in [0.5, 0.6) is 5.75 Å². The minimum Gasteiger partial charge on any atom is -0.491 e. The standard InChI is InChI=1S/C16H17BrN2O2/c17-13-6-2-1-5-12(13)11-19-14-7-3-4-8-15(14)21-10-9-16(18)20/h1-8,19H,9-11H2,(H2,18,20). The van der Waals surface area contributed by atoms with Crippen molar-refractivity contribution in [2.24, 2.45) is 5.73 Å². The third-order valence-corrected chi connectivity index (χ3v) is 3.69. The van der Waals surface area contributed by atoms with Crippen LogP contribution in [0.2, 0.25) is 0 Å². The van der Waals surface area contributed by atoms with E-state index in [-0.39, 0.29) is 18.9 Å². The molecule has 2 rings (SSSR count). The molecule has 0 aliphatic carbocycles. The Balaban J connectivity index is 1.99. The number of ether oxygens (including phenoxy) is 1. The molecule has 21 heavy (non-hydrogen) atoms. The van der Waals surface area contributed by atoms with E-state index in [0.717, 1.165) is 15.7 Å². The normalized spacial score (nSPS) is 10.1. The highest BCUT2D eigenvalue weighted by Gasteiger charge is 2.05. The van der Waals surface area contributed by atoms with Gasteiger partial charge in [-0.05, 0) is 23.8 Å². The summed E-state index contributed by atoms with van der Waals surface area (Å²) in [4.78, 5) is 10.7. The summed E-state index contributed by atoms with van der Waals surface area (Å²) in [5.74, 6) is 0.347. The summed E-state index contributed by atoms with van der Waals surface area (Å²) in [6, 6.07) is 15.7. The topological polar surface area (TPSA) is 64.4 Å². The van der Waals surface area contributed by atoms with Crippen LogP contribution in [-0.2, 0) is 11.3 Å². The monoisotopic (exact) mass is 348 g/mol. The minimum absolute atomic E-state index is 0.207. The molecule has 0 fully saturated rings. The molecule has 0 aromatic heterocycles. The molecule has 0 saturated carbocycles. The van der Waals surface area contributed by atoms with E-state index < -0.39 is 0 Å². The Morgan fingerprint density at radius 2 is 1.86 bits per heavy atom. The second-order valence-corrected chi connectivity index (χ2v) is 5.36. The van der Waals surface area contributed by atoms with Gasteiger partial charge < -0.3 is 15.8 Å². The number of para-hydroxylation sites is 2. The molecular weight excluding hydrogens is 332 g/mol. The molecule has 0 unspecified atom stereocenters. The predicted octanol–water partition coefficient (Wildman–Crippen LogP) is 3.32. The van der Waals surface area contributed by atoms with Gasteiger partial charge in [-0.3, -0.25) is 4.79 Å². The molecule has 3 N–H and O–H groups in total. The van der Waals surface area contributed by atoms with Crippen molar-refractivity contribution in [3.05, 3.63) is 58.6 Å². The highest BCUT2D eigenvalue weighted by Crippen LogP contribution is 2.25. The third kappa shape index (κ3) is 4.79. The molecule has 0 atom stereocenters. The molecule has 0 heterocycles. The molecule has 110 valence electrons. The molecular formula is C16H17BrN2O2. The van der Waals surface area contributed by atoms with Gasteiger partial charge in [-0.2, -0.15) is 0 Å². The SMILES string of the molecule is NC(=O)CCOc1ccccc1NCc1ccccc1Br. The lowest BCUT2D eigenvalue weighted by Gasteiger charge is -2.13. The molecule has 4 nitrogen and oxygen atoms in total.